The molecule has 0 amide bonds. The van der Waals surface area contributed by atoms with Crippen molar-refractivity contribution in [3.63, 3.8) is 0 Å². The number of ether oxygens (including phenoxy) is 1. The molecule has 1 aromatic carbocycles. The quantitative estimate of drug-likeness (QED) is 0.908. The van der Waals surface area contributed by atoms with Crippen LogP contribution in [-0.4, -0.2) is 42.0 Å². The Balaban J connectivity index is 2.07. The Morgan fingerprint density at radius 3 is 3.05 bits per heavy atom. The number of hydrogen-bond donors (Lipinski definition) is 1. The van der Waals surface area contributed by atoms with Gasteiger partial charge in [-0.1, -0.05) is 0 Å². The molecule has 108 valence electrons. The summed E-state index contributed by atoms with van der Waals surface area (Å²) in [5, 5.41) is 19.5. The van der Waals surface area contributed by atoms with Crippen LogP contribution in [0.25, 0.3) is 10.9 Å². The Morgan fingerprint density at radius 2 is 2.29 bits per heavy atom. The molecule has 0 aliphatic carbocycles. The number of aliphatic hydroxyl groups excluding tert-OH is 1. The number of aliphatic hydroxyl groups is 1. The summed E-state index contributed by atoms with van der Waals surface area (Å²) in [5.74, 6) is 0. The van der Waals surface area contributed by atoms with E-state index < -0.39 is 0 Å². The van der Waals surface area contributed by atoms with E-state index in [-0.39, 0.29) is 18.8 Å². The van der Waals surface area contributed by atoms with Crippen LogP contribution in [0.2, 0.25) is 0 Å². The molecule has 0 bridgehead atoms. The standard InChI is InChI=1S/C16H17N3O2/c1-11-8-19(9-13(10-20)21-11)15-5-4-12(7-17)16-14(15)3-2-6-18-16/h2-6,11,13,20H,8-10H2,1H3/t11-,13?/m1/s1. The zero-order valence-corrected chi connectivity index (χ0v) is 11.9. The lowest BCUT2D eigenvalue weighted by molar-refractivity contribution is -0.0420. The van der Waals surface area contributed by atoms with Gasteiger partial charge in [-0.05, 0) is 31.2 Å². The normalized spacial score (nSPS) is 22.2. The molecule has 1 aromatic heterocycles. The summed E-state index contributed by atoms with van der Waals surface area (Å²) in [4.78, 5) is 6.53. The van der Waals surface area contributed by atoms with E-state index in [0.29, 0.717) is 12.1 Å². The third-order valence-corrected chi connectivity index (χ3v) is 3.74. The molecular formula is C16H17N3O2. The van der Waals surface area contributed by atoms with Gasteiger partial charge >= 0.3 is 0 Å². The summed E-state index contributed by atoms with van der Waals surface area (Å²) in [6.45, 7) is 3.40. The lowest BCUT2D eigenvalue weighted by Gasteiger charge is -2.38. The van der Waals surface area contributed by atoms with Crippen molar-refractivity contribution in [3.05, 3.63) is 36.0 Å². The van der Waals surface area contributed by atoms with Gasteiger partial charge in [0.05, 0.1) is 29.9 Å². The fraction of sp³-hybridized carbons (Fsp3) is 0.375. The highest BCUT2D eigenvalue weighted by molar-refractivity contribution is 5.95. The van der Waals surface area contributed by atoms with Gasteiger partial charge in [0.1, 0.15) is 6.07 Å². The van der Waals surface area contributed by atoms with Gasteiger partial charge in [-0.2, -0.15) is 5.26 Å². The van der Waals surface area contributed by atoms with Crippen molar-refractivity contribution >= 4 is 16.6 Å². The van der Waals surface area contributed by atoms with E-state index in [1.807, 2.05) is 25.1 Å². The summed E-state index contributed by atoms with van der Waals surface area (Å²) in [7, 11) is 0. The van der Waals surface area contributed by atoms with Crippen LogP contribution in [0, 0.1) is 11.3 Å². The lowest BCUT2D eigenvalue weighted by atomic mass is 10.1. The number of anilines is 1. The fourth-order valence-corrected chi connectivity index (χ4v) is 2.87. The average molecular weight is 283 g/mol. The number of hydrogen-bond acceptors (Lipinski definition) is 5. The van der Waals surface area contributed by atoms with Crippen molar-refractivity contribution in [1.82, 2.24) is 4.98 Å². The van der Waals surface area contributed by atoms with Crippen molar-refractivity contribution < 1.29 is 9.84 Å². The molecule has 1 aliphatic rings. The van der Waals surface area contributed by atoms with Crippen molar-refractivity contribution in [2.24, 2.45) is 0 Å². The van der Waals surface area contributed by atoms with Gasteiger partial charge in [0.25, 0.3) is 0 Å². The fourth-order valence-electron chi connectivity index (χ4n) is 2.87. The second-order valence-electron chi connectivity index (χ2n) is 5.30. The van der Waals surface area contributed by atoms with Crippen LogP contribution < -0.4 is 4.90 Å². The zero-order valence-electron chi connectivity index (χ0n) is 11.9. The first-order valence-corrected chi connectivity index (χ1v) is 7.02. The number of benzene rings is 1. The second-order valence-corrected chi connectivity index (χ2v) is 5.30. The summed E-state index contributed by atoms with van der Waals surface area (Å²) >= 11 is 0. The van der Waals surface area contributed by atoms with Gasteiger partial charge in [-0.3, -0.25) is 4.98 Å². The van der Waals surface area contributed by atoms with Gasteiger partial charge in [-0.15, -0.1) is 0 Å². The molecule has 5 heteroatoms. The maximum atomic E-state index is 9.36. The highest BCUT2D eigenvalue weighted by Gasteiger charge is 2.26. The molecule has 1 unspecified atom stereocenters. The van der Waals surface area contributed by atoms with Crippen LogP contribution in [0.15, 0.2) is 30.5 Å². The Hall–Kier alpha value is -2.16. The highest BCUT2D eigenvalue weighted by atomic mass is 16.5. The van der Waals surface area contributed by atoms with E-state index in [1.165, 1.54) is 0 Å². The first-order chi connectivity index (χ1) is 10.2. The van der Waals surface area contributed by atoms with Gasteiger partial charge in [0, 0.05) is 30.4 Å². The first kappa shape index (κ1) is 13.8. The van der Waals surface area contributed by atoms with Crippen LogP contribution in [0.3, 0.4) is 0 Å². The molecule has 0 saturated carbocycles. The summed E-state index contributed by atoms with van der Waals surface area (Å²) in [6, 6.07) is 9.79. The van der Waals surface area contributed by atoms with Crippen molar-refractivity contribution in [1.29, 1.82) is 5.26 Å². The Morgan fingerprint density at radius 1 is 1.43 bits per heavy atom. The molecular weight excluding hydrogens is 266 g/mol. The molecule has 1 aliphatic heterocycles. The molecule has 2 heterocycles. The smallest absolute Gasteiger partial charge is 0.101 e. The maximum absolute atomic E-state index is 9.36. The molecule has 2 atom stereocenters. The zero-order chi connectivity index (χ0) is 14.8. The van der Waals surface area contributed by atoms with Crippen LogP contribution >= 0.6 is 0 Å². The molecule has 0 spiro atoms. The first-order valence-electron chi connectivity index (χ1n) is 7.02. The number of aromatic nitrogens is 1. The van der Waals surface area contributed by atoms with E-state index in [9.17, 15) is 10.4 Å². The van der Waals surface area contributed by atoms with Crippen molar-refractivity contribution in [2.75, 3.05) is 24.6 Å². The van der Waals surface area contributed by atoms with Gasteiger partial charge in [-0.25, -0.2) is 0 Å². The Labute approximate surface area is 123 Å². The highest BCUT2D eigenvalue weighted by Crippen LogP contribution is 2.30. The molecule has 1 N–H and O–H groups in total. The van der Waals surface area contributed by atoms with Crippen LogP contribution in [-0.2, 0) is 4.74 Å². The molecule has 0 radical (unpaired) electrons. The lowest BCUT2D eigenvalue weighted by Crippen LogP contribution is -2.48. The number of morpholine rings is 1. The van der Waals surface area contributed by atoms with E-state index in [2.05, 4.69) is 16.0 Å². The Bertz CT molecular complexity index is 695. The molecule has 21 heavy (non-hydrogen) atoms. The van der Waals surface area contributed by atoms with E-state index in [0.717, 1.165) is 23.1 Å². The molecule has 5 nitrogen and oxygen atoms in total. The largest absolute Gasteiger partial charge is 0.394 e. The topological polar surface area (TPSA) is 69.4 Å². The minimum Gasteiger partial charge on any atom is -0.394 e. The van der Waals surface area contributed by atoms with Crippen molar-refractivity contribution in [3.8, 4) is 6.07 Å². The molecule has 1 saturated heterocycles. The number of pyridine rings is 1. The van der Waals surface area contributed by atoms with Crippen LogP contribution in [0.4, 0.5) is 5.69 Å². The minimum absolute atomic E-state index is 0.00724. The second kappa shape index (κ2) is 5.68. The molecule has 1 fully saturated rings. The van der Waals surface area contributed by atoms with Gasteiger partial charge < -0.3 is 14.7 Å². The minimum atomic E-state index is -0.184. The summed E-state index contributed by atoms with van der Waals surface area (Å²) in [5.41, 5.74) is 2.33. The monoisotopic (exact) mass is 283 g/mol. The predicted molar refractivity (Wildman–Crippen MR) is 80.1 cm³/mol. The van der Waals surface area contributed by atoms with Gasteiger partial charge in [0.15, 0.2) is 0 Å². The van der Waals surface area contributed by atoms with Crippen molar-refractivity contribution in [2.45, 2.75) is 19.1 Å². The molecule has 3 rings (SSSR count). The maximum Gasteiger partial charge on any atom is 0.101 e. The summed E-state index contributed by atoms with van der Waals surface area (Å²) in [6.07, 6.45) is 1.57. The van der Waals surface area contributed by atoms with Gasteiger partial charge in [0.2, 0.25) is 0 Å². The Kier molecular flexibility index (Phi) is 3.74. The third-order valence-electron chi connectivity index (χ3n) is 3.74. The van der Waals surface area contributed by atoms with E-state index >= 15 is 0 Å². The van der Waals surface area contributed by atoms with Crippen LogP contribution in [0.5, 0.6) is 0 Å². The van der Waals surface area contributed by atoms with E-state index in [1.54, 1.807) is 12.3 Å². The number of rotatable bonds is 2. The predicted octanol–water partition coefficient (Wildman–Crippen LogP) is 1.69. The number of nitrogens with zero attached hydrogens (tertiary/aromatic N) is 3. The SMILES string of the molecule is C[C@@H]1CN(c2ccc(C#N)c3ncccc23)CC(CO)O1. The third kappa shape index (κ3) is 2.56. The molecule has 2 aromatic rings. The van der Waals surface area contributed by atoms with Crippen LogP contribution in [0.1, 0.15) is 12.5 Å². The average Bonchev–Trinajstić information content (AvgIpc) is 2.53. The number of fused-ring (bicyclic) bond motifs is 1. The number of nitriles is 1. The van der Waals surface area contributed by atoms with E-state index in [4.69, 9.17) is 4.74 Å². The summed E-state index contributed by atoms with van der Waals surface area (Å²) < 4.78 is 5.68.